The van der Waals surface area contributed by atoms with E-state index >= 15 is 0 Å². The lowest BCUT2D eigenvalue weighted by molar-refractivity contribution is 0.603. The number of nitrogens with one attached hydrogen (secondary N) is 1. The molecule has 1 N–H and O–H groups in total. The average molecular weight is 405 g/mol. The van der Waals surface area contributed by atoms with Crippen LogP contribution < -0.4 is 0 Å². The number of halogens is 2. The molecule has 0 aliphatic rings. The maximum Gasteiger partial charge on any atom is 0.218 e. The van der Waals surface area contributed by atoms with E-state index in [-0.39, 0.29) is 14.9 Å². The highest BCUT2D eigenvalue weighted by Crippen LogP contribution is 2.31. The zero-order chi connectivity index (χ0) is 18.9. The largest absolute Gasteiger partial charge is 0.360 e. The van der Waals surface area contributed by atoms with Gasteiger partial charge in [-0.25, -0.2) is 8.42 Å². The number of rotatable bonds is 4. The fraction of sp³-hybridized carbons (Fsp3) is 0.105. The summed E-state index contributed by atoms with van der Waals surface area (Å²) in [5.41, 5.74) is 2.66. The first-order valence-electron chi connectivity index (χ1n) is 7.79. The number of H-pyrrole nitrogens is 1. The summed E-state index contributed by atoms with van der Waals surface area (Å²) in [5.74, 6) is 0. The van der Waals surface area contributed by atoms with Crippen LogP contribution in [0.4, 0.5) is 0 Å². The molecule has 1 aromatic heterocycles. The summed E-state index contributed by atoms with van der Waals surface area (Å²) in [6, 6.07) is 11.7. The minimum absolute atomic E-state index is 0.0164. The molecule has 0 saturated carbocycles. The van der Waals surface area contributed by atoms with E-state index in [1.165, 1.54) is 24.3 Å². The molecule has 0 aliphatic carbocycles. The molecule has 0 amide bonds. The molecule has 7 heteroatoms. The summed E-state index contributed by atoms with van der Waals surface area (Å²) in [7, 11) is -4.10. The summed E-state index contributed by atoms with van der Waals surface area (Å²) in [6.45, 7) is 2.04. The lowest BCUT2D eigenvalue weighted by atomic mass is 10.1. The predicted octanol–water partition coefficient (Wildman–Crippen LogP) is 5.38. The zero-order valence-electron chi connectivity index (χ0n) is 13.8. The van der Waals surface area contributed by atoms with Gasteiger partial charge < -0.3 is 4.98 Å². The lowest BCUT2D eigenvalue weighted by Crippen LogP contribution is -2.04. The van der Waals surface area contributed by atoms with Crippen molar-refractivity contribution in [3.63, 3.8) is 0 Å². The fourth-order valence-corrected chi connectivity index (χ4v) is 4.67. The Hall–Kier alpha value is -2.26. The maximum atomic E-state index is 12.9. The summed E-state index contributed by atoms with van der Waals surface area (Å²) in [5, 5.41) is 10.6. The predicted molar refractivity (Wildman–Crippen MR) is 105 cm³/mol. The van der Waals surface area contributed by atoms with Crippen molar-refractivity contribution in [2.75, 3.05) is 0 Å². The van der Waals surface area contributed by atoms with Crippen molar-refractivity contribution in [3.05, 3.63) is 68.7 Å². The van der Waals surface area contributed by atoms with E-state index in [0.717, 1.165) is 22.9 Å². The van der Waals surface area contributed by atoms with Crippen LogP contribution in [0.1, 0.15) is 18.1 Å². The molecular formula is C19H14Cl2N2O2S. The summed E-state index contributed by atoms with van der Waals surface area (Å²) in [6.07, 6.45) is 3.88. The van der Waals surface area contributed by atoms with Gasteiger partial charge in [0.15, 0.2) is 0 Å². The van der Waals surface area contributed by atoms with Crippen molar-refractivity contribution in [2.45, 2.75) is 18.2 Å². The van der Waals surface area contributed by atoms with Gasteiger partial charge in [-0.2, -0.15) is 5.26 Å². The molecule has 132 valence electrons. The van der Waals surface area contributed by atoms with Crippen LogP contribution in [0.5, 0.6) is 0 Å². The van der Waals surface area contributed by atoms with Crippen molar-refractivity contribution >= 4 is 50.0 Å². The molecular weight excluding hydrogens is 391 g/mol. The van der Waals surface area contributed by atoms with Gasteiger partial charge in [-0.1, -0.05) is 48.3 Å². The number of benzene rings is 2. The number of aromatic amines is 1. The highest BCUT2D eigenvalue weighted by Gasteiger charge is 2.24. The van der Waals surface area contributed by atoms with E-state index in [9.17, 15) is 13.7 Å². The number of hydrogen-bond acceptors (Lipinski definition) is 3. The molecule has 3 aromatic rings. The second-order valence-corrected chi connectivity index (χ2v) is 8.37. The molecule has 2 aromatic carbocycles. The van der Waals surface area contributed by atoms with Gasteiger partial charge in [0.2, 0.25) is 9.84 Å². The van der Waals surface area contributed by atoms with E-state index < -0.39 is 14.7 Å². The van der Waals surface area contributed by atoms with Gasteiger partial charge in [-0.15, -0.1) is 0 Å². The van der Waals surface area contributed by atoms with E-state index in [2.05, 4.69) is 4.98 Å². The number of aryl methyl sites for hydroxylation is 1. The number of allylic oxidation sites excluding steroid dienone is 1. The van der Waals surface area contributed by atoms with Gasteiger partial charge in [-0.05, 0) is 36.3 Å². The van der Waals surface area contributed by atoms with Crippen molar-refractivity contribution in [1.82, 2.24) is 4.98 Å². The minimum Gasteiger partial charge on any atom is -0.360 e. The molecule has 0 spiro atoms. The van der Waals surface area contributed by atoms with E-state index in [1.807, 2.05) is 25.1 Å². The molecule has 0 radical (unpaired) electrons. The van der Waals surface area contributed by atoms with Gasteiger partial charge in [0.05, 0.1) is 9.92 Å². The highest BCUT2D eigenvalue weighted by molar-refractivity contribution is 7.95. The third kappa shape index (κ3) is 3.24. The first-order valence-corrected chi connectivity index (χ1v) is 10.0. The summed E-state index contributed by atoms with van der Waals surface area (Å²) in [4.78, 5) is 2.57. The van der Waals surface area contributed by atoms with Crippen LogP contribution in [0.25, 0.3) is 17.0 Å². The van der Waals surface area contributed by atoms with Gasteiger partial charge in [0, 0.05) is 27.7 Å². The molecule has 0 saturated heterocycles. The number of para-hydroxylation sites is 1. The van der Waals surface area contributed by atoms with Crippen molar-refractivity contribution < 1.29 is 8.42 Å². The third-order valence-corrected chi connectivity index (χ3v) is 6.47. The van der Waals surface area contributed by atoms with Crippen LogP contribution >= 0.6 is 23.2 Å². The van der Waals surface area contributed by atoms with E-state index in [1.54, 1.807) is 12.3 Å². The Bertz CT molecular complexity index is 1170. The Labute approximate surface area is 161 Å². The molecule has 0 atom stereocenters. The van der Waals surface area contributed by atoms with Gasteiger partial charge in [0.25, 0.3) is 0 Å². The van der Waals surface area contributed by atoms with Crippen LogP contribution in [0.2, 0.25) is 10.0 Å². The molecule has 0 aliphatic heterocycles. The number of hydrogen-bond donors (Lipinski definition) is 1. The first kappa shape index (κ1) is 18.5. The Balaban J connectivity index is 2.18. The van der Waals surface area contributed by atoms with Crippen molar-refractivity contribution in [2.24, 2.45) is 0 Å². The number of nitriles is 1. The Morgan fingerprint density at radius 1 is 1.27 bits per heavy atom. The molecule has 4 nitrogen and oxygen atoms in total. The van der Waals surface area contributed by atoms with Gasteiger partial charge in [0.1, 0.15) is 11.0 Å². The van der Waals surface area contributed by atoms with Crippen LogP contribution in [0.15, 0.2) is 52.4 Å². The number of aromatic nitrogens is 1. The highest BCUT2D eigenvalue weighted by atomic mass is 35.5. The first-order chi connectivity index (χ1) is 12.4. The number of nitrogens with zero attached hydrogens (tertiary/aromatic N) is 1. The second kappa shape index (κ2) is 7.16. The van der Waals surface area contributed by atoms with E-state index in [0.29, 0.717) is 5.56 Å². The van der Waals surface area contributed by atoms with Crippen molar-refractivity contribution in [1.29, 1.82) is 5.26 Å². The molecule has 3 rings (SSSR count). The van der Waals surface area contributed by atoms with Gasteiger partial charge >= 0.3 is 0 Å². The van der Waals surface area contributed by atoms with Crippen LogP contribution in [-0.4, -0.2) is 13.4 Å². The van der Waals surface area contributed by atoms with Crippen LogP contribution in [-0.2, 0) is 16.3 Å². The standard InChI is InChI=1S/C19H14Cl2N2O2S/c1-2-12-4-3-5-16-13(11-23-19(12)16)8-15(10-22)26(24,25)18-9-14(20)6-7-17(18)21/h3-9,11,23H,2H2,1H3/b15-8-. The maximum absolute atomic E-state index is 12.9. The second-order valence-electron chi connectivity index (χ2n) is 5.64. The molecule has 1 heterocycles. The average Bonchev–Trinajstić information content (AvgIpc) is 3.04. The molecule has 0 unspecified atom stereocenters. The van der Waals surface area contributed by atoms with Crippen LogP contribution in [0.3, 0.4) is 0 Å². The smallest absolute Gasteiger partial charge is 0.218 e. The SMILES string of the molecule is CCc1cccc2c(/C=C(/C#N)S(=O)(=O)c3cc(Cl)ccc3Cl)c[nH]c12. The minimum atomic E-state index is -4.10. The third-order valence-electron chi connectivity index (χ3n) is 4.08. The Kier molecular flexibility index (Phi) is 5.10. The molecule has 0 fully saturated rings. The summed E-state index contributed by atoms with van der Waals surface area (Å²) >= 11 is 11.9. The number of fused-ring (bicyclic) bond motifs is 1. The molecule has 0 bridgehead atoms. The van der Waals surface area contributed by atoms with Crippen LogP contribution in [0, 0.1) is 11.3 Å². The topological polar surface area (TPSA) is 73.7 Å². The van der Waals surface area contributed by atoms with E-state index in [4.69, 9.17) is 23.2 Å². The normalized spacial score (nSPS) is 12.3. The fourth-order valence-electron chi connectivity index (χ4n) is 2.77. The number of sulfone groups is 1. The molecule has 26 heavy (non-hydrogen) atoms. The monoisotopic (exact) mass is 404 g/mol. The van der Waals surface area contributed by atoms with Crippen molar-refractivity contribution in [3.8, 4) is 6.07 Å². The van der Waals surface area contributed by atoms with Gasteiger partial charge in [-0.3, -0.25) is 0 Å². The zero-order valence-corrected chi connectivity index (χ0v) is 16.1. The summed E-state index contributed by atoms with van der Waals surface area (Å²) < 4.78 is 25.8. The Morgan fingerprint density at radius 2 is 2.04 bits per heavy atom. The Morgan fingerprint density at radius 3 is 2.73 bits per heavy atom. The lowest BCUT2D eigenvalue weighted by Gasteiger charge is -2.06. The quantitative estimate of drug-likeness (QED) is 0.593.